The summed E-state index contributed by atoms with van der Waals surface area (Å²) < 4.78 is 5.47. The minimum Gasteiger partial charge on any atom is -0.464 e. The van der Waals surface area contributed by atoms with Crippen molar-refractivity contribution >= 4 is 0 Å². The topological polar surface area (TPSA) is 45.4 Å². The van der Waals surface area contributed by atoms with Crippen molar-refractivity contribution in [3.8, 4) is 0 Å². The Labute approximate surface area is 115 Å². The van der Waals surface area contributed by atoms with Crippen LogP contribution in [-0.4, -0.2) is 17.7 Å². The number of hydrogen-bond donors (Lipinski definition) is 2. The van der Waals surface area contributed by atoms with Gasteiger partial charge >= 0.3 is 0 Å². The van der Waals surface area contributed by atoms with Gasteiger partial charge in [-0.15, -0.1) is 0 Å². The summed E-state index contributed by atoms with van der Waals surface area (Å²) in [6, 6.07) is 4.36. The van der Waals surface area contributed by atoms with Crippen LogP contribution in [0.5, 0.6) is 0 Å². The Kier molecular flexibility index (Phi) is 3.22. The van der Waals surface area contributed by atoms with E-state index in [0.29, 0.717) is 23.8 Å². The van der Waals surface area contributed by atoms with Crippen molar-refractivity contribution < 1.29 is 9.52 Å². The number of furan rings is 1. The van der Waals surface area contributed by atoms with E-state index in [-0.39, 0.29) is 0 Å². The average Bonchev–Trinajstić information content (AvgIpc) is 2.77. The molecular formula is C16H25NO2. The van der Waals surface area contributed by atoms with E-state index >= 15 is 0 Å². The first-order valence-corrected chi connectivity index (χ1v) is 7.51. The van der Waals surface area contributed by atoms with Gasteiger partial charge in [0, 0.05) is 12.6 Å². The molecule has 2 aliphatic rings. The molecule has 1 aromatic rings. The molecule has 0 aromatic carbocycles. The Morgan fingerprint density at radius 2 is 2.26 bits per heavy atom. The van der Waals surface area contributed by atoms with Crippen molar-refractivity contribution in [2.75, 3.05) is 6.54 Å². The summed E-state index contributed by atoms with van der Waals surface area (Å²) in [5, 5.41) is 13.7. The van der Waals surface area contributed by atoms with E-state index in [9.17, 15) is 5.11 Å². The van der Waals surface area contributed by atoms with Crippen LogP contribution >= 0.6 is 0 Å². The predicted molar refractivity (Wildman–Crippen MR) is 74.8 cm³/mol. The lowest BCUT2D eigenvalue weighted by Gasteiger charge is -2.16. The number of nitrogens with one attached hydrogen (secondary N) is 1. The third kappa shape index (κ3) is 2.23. The first-order valence-electron chi connectivity index (χ1n) is 7.51. The van der Waals surface area contributed by atoms with Crippen molar-refractivity contribution in [2.45, 2.75) is 52.2 Å². The molecule has 2 N–H and O–H groups in total. The molecule has 19 heavy (non-hydrogen) atoms. The molecule has 0 radical (unpaired) electrons. The minimum absolute atomic E-state index is 0.526. The second kappa shape index (κ2) is 4.64. The van der Waals surface area contributed by atoms with Gasteiger partial charge in [0.2, 0.25) is 0 Å². The van der Waals surface area contributed by atoms with Crippen molar-refractivity contribution in [3.05, 3.63) is 23.7 Å². The summed E-state index contributed by atoms with van der Waals surface area (Å²) in [7, 11) is 0. The van der Waals surface area contributed by atoms with Crippen LogP contribution in [0.1, 0.15) is 50.7 Å². The molecule has 0 bridgehead atoms. The number of hydrogen-bond acceptors (Lipinski definition) is 3. The Hall–Kier alpha value is -0.800. The van der Waals surface area contributed by atoms with Crippen molar-refractivity contribution in [1.82, 2.24) is 5.32 Å². The maximum absolute atomic E-state index is 10.1. The largest absolute Gasteiger partial charge is 0.464 e. The summed E-state index contributed by atoms with van der Waals surface area (Å²) in [5.41, 5.74) is 0.615. The fraction of sp³-hybridized carbons (Fsp3) is 0.750. The van der Waals surface area contributed by atoms with Crippen molar-refractivity contribution in [2.24, 2.45) is 17.3 Å². The fourth-order valence-electron chi connectivity index (χ4n) is 4.00. The van der Waals surface area contributed by atoms with Gasteiger partial charge in [0.05, 0.1) is 0 Å². The first kappa shape index (κ1) is 13.2. The zero-order valence-corrected chi connectivity index (χ0v) is 12.1. The van der Waals surface area contributed by atoms with Gasteiger partial charge in [-0.3, -0.25) is 0 Å². The smallest absolute Gasteiger partial charge is 0.133 e. The number of fused-ring (bicyclic) bond motifs is 1. The lowest BCUT2D eigenvalue weighted by Crippen LogP contribution is -2.33. The Morgan fingerprint density at radius 3 is 2.79 bits per heavy atom. The molecule has 0 spiro atoms. The Bertz CT molecular complexity index is 453. The van der Waals surface area contributed by atoms with Gasteiger partial charge in [-0.1, -0.05) is 13.8 Å². The monoisotopic (exact) mass is 263 g/mol. The molecule has 2 saturated carbocycles. The van der Waals surface area contributed by atoms with Gasteiger partial charge in [-0.2, -0.15) is 0 Å². The van der Waals surface area contributed by atoms with Gasteiger partial charge in [0.15, 0.2) is 0 Å². The lowest BCUT2D eigenvalue weighted by atomic mass is 9.90. The Morgan fingerprint density at radius 1 is 1.47 bits per heavy atom. The SMILES string of the molecule is Cc1ccc(C(O)CNC2CC[C@@]3(C(C)C)C[C@@H]23)o1. The van der Waals surface area contributed by atoms with Crippen LogP contribution < -0.4 is 5.32 Å². The molecule has 106 valence electrons. The summed E-state index contributed by atoms with van der Waals surface area (Å²) in [6.45, 7) is 7.20. The minimum atomic E-state index is -0.526. The zero-order valence-electron chi connectivity index (χ0n) is 12.1. The van der Waals surface area contributed by atoms with Crippen LogP contribution in [0.2, 0.25) is 0 Å². The molecule has 2 aliphatic carbocycles. The molecule has 2 unspecified atom stereocenters. The number of rotatable bonds is 5. The molecule has 3 nitrogen and oxygen atoms in total. The van der Waals surface area contributed by atoms with E-state index in [0.717, 1.165) is 17.6 Å². The quantitative estimate of drug-likeness (QED) is 0.858. The molecule has 1 heterocycles. The molecule has 1 aromatic heterocycles. The lowest BCUT2D eigenvalue weighted by molar-refractivity contribution is 0.141. The van der Waals surface area contributed by atoms with Crippen LogP contribution in [0.3, 0.4) is 0 Å². The standard InChI is InChI=1S/C16H25NO2/c1-10(2)16-7-6-13(12(16)8-16)17-9-14(18)15-5-4-11(3)19-15/h4-5,10,12-14,17-18H,6-9H2,1-3H3/t12-,13?,14?,16-/m0/s1. The van der Waals surface area contributed by atoms with E-state index in [2.05, 4.69) is 19.2 Å². The molecule has 2 fully saturated rings. The first-order chi connectivity index (χ1) is 9.03. The highest BCUT2D eigenvalue weighted by Crippen LogP contribution is 2.67. The predicted octanol–water partition coefficient (Wildman–Crippen LogP) is 3.04. The third-order valence-corrected chi connectivity index (χ3v) is 5.40. The Balaban J connectivity index is 1.52. The molecule has 0 saturated heterocycles. The molecular weight excluding hydrogens is 238 g/mol. The number of aliphatic hydroxyl groups excluding tert-OH is 1. The molecule has 0 amide bonds. The van der Waals surface area contributed by atoms with Gasteiger partial charge < -0.3 is 14.8 Å². The van der Waals surface area contributed by atoms with Crippen molar-refractivity contribution in [3.63, 3.8) is 0 Å². The normalized spacial score (nSPS) is 34.6. The second-order valence-electron chi connectivity index (χ2n) is 6.72. The summed E-state index contributed by atoms with van der Waals surface area (Å²) in [6.07, 6.45) is 3.45. The van der Waals surface area contributed by atoms with Crippen LogP contribution in [-0.2, 0) is 0 Å². The molecule has 3 rings (SSSR count). The summed E-state index contributed by atoms with van der Waals surface area (Å²) in [4.78, 5) is 0. The maximum atomic E-state index is 10.1. The highest BCUT2D eigenvalue weighted by atomic mass is 16.4. The molecule has 0 aliphatic heterocycles. The van der Waals surface area contributed by atoms with Gasteiger partial charge in [0.25, 0.3) is 0 Å². The third-order valence-electron chi connectivity index (χ3n) is 5.40. The van der Waals surface area contributed by atoms with Crippen LogP contribution in [0.25, 0.3) is 0 Å². The van der Waals surface area contributed by atoms with Crippen molar-refractivity contribution in [1.29, 1.82) is 0 Å². The van der Waals surface area contributed by atoms with E-state index < -0.39 is 6.10 Å². The number of aryl methyl sites for hydroxylation is 1. The van der Waals surface area contributed by atoms with E-state index in [1.807, 2.05) is 19.1 Å². The van der Waals surface area contributed by atoms with Crippen LogP contribution in [0.15, 0.2) is 16.5 Å². The van der Waals surface area contributed by atoms with Crippen LogP contribution in [0.4, 0.5) is 0 Å². The second-order valence-corrected chi connectivity index (χ2v) is 6.72. The highest BCUT2D eigenvalue weighted by molar-refractivity contribution is 5.14. The fourth-order valence-corrected chi connectivity index (χ4v) is 4.00. The van der Waals surface area contributed by atoms with E-state index in [1.165, 1.54) is 19.3 Å². The highest BCUT2D eigenvalue weighted by Gasteiger charge is 2.62. The van der Waals surface area contributed by atoms with E-state index in [4.69, 9.17) is 4.42 Å². The zero-order chi connectivity index (χ0) is 13.6. The van der Waals surface area contributed by atoms with E-state index in [1.54, 1.807) is 0 Å². The van der Waals surface area contributed by atoms with Gasteiger partial charge in [-0.05, 0) is 55.6 Å². The summed E-state index contributed by atoms with van der Waals surface area (Å²) in [5.74, 6) is 3.16. The maximum Gasteiger partial charge on any atom is 0.133 e. The molecule has 3 heteroatoms. The van der Waals surface area contributed by atoms with Gasteiger partial charge in [0.1, 0.15) is 17.6 Å². The summed E-state index contributed by atoms with van der Waals surface area (Å²) >= 11 is 0. The van der Waals surface area contributed by atoms with Crippen LogP contribution in [0, 0.1) is 24.2 Å². The average molecular weight is 263 g/mol. The van der Waals surface area contributed by atoms with Gasteiger partial charge in [-0.25, -0.2) is 0 Å². The number of aliphatic hydroxyl groups is 1. The molecule has 4 atom stereocenters.